The summed E-state index contributed by atoms with van der Waals surface area (Å²) in [5.74, 6) is -0.292. The van der Waals surface area contributed by atoms with E-state index in [9.17, 15) is 14.4 Å². The standard InChI is InChI=1S/C32H19NO3/c34-30-23-12-5-6-13-24(23)32(36)29-25(30)14-7-15-26(29)33-27-17-19-16-18-8-1-2-9-20(18)31(35)28(19)22-11-4-3-10-21(22)27/h1-15,17,33H,16H2. The molecule has 7 rings (SSSR count). The van der Waals surface area contributed by atoms with E-state index in [1.54, 1.807) is 36.4 Å². The lowest BCUT2D eigenvalue weighted by Crippen LogP contribution is -2.22. The van der Waals surface area contributed by atoms with Crippen molar-refractivity contribution in [1.82, 2.24) is 0 Å². The summed E-state index contributed by atoms with van der Waals surface area (Å²) in [6.07, 6.45) is 0.647. The Morgan fingerprint density at radius 3 is 1.89 bits per heavy atom. The molecule has 2 aliphatic carbocycles. The molecule has 0 saturated heterocycles. The number of fused-ring (bicyclic) bond motifs is 6. The van der Waals surface area contributed by atoms with E-state index in [0.717, 1.165) is 38.7 Å². The maximum Gasteiger partial charge on any atom is 0.196 e. The van der Waals surface area contributed by atoms with E-state index < -0.39 is 0 Å². The minimum atomic E-state index is -0.172. The van der Waals surface area contributed by atoms with E-state index in [2.05, 4.69) is 5.32 Å². The summed E-state index contributed by atoms with van der Waals surface area (Å²) in [5, 5.41) is 5.22. The Kier molecular flexibility index (Phi) is 4.33. The number of carbonyl (C=O) groups is 3. The van der Waals surface area contributed by atoms with E-state index in [1.165, 1.54) is 0 Å². The summed E-state index contributed by atoms with van der Waals surface area (Å²) in [4.78, 5) is 40.2. The van der Waals surface area contributed by atoms with E-state index in [1.807, 2.05) is 60.7 Å². The number of anilines is 2. The highest BCUT2D eigenvalue weighted by Gasteiger charge is 2.32. The van der Waals surface area contributed by atoms with Crippen LogP contribution in [0.2, 0.25) is 0 Å². The third kappa shape index (κ3) is 2.85. The average molecular weight is 466 g/mol. The van der Waals surface area contributed by atoms with Crippen LogP contribution in [-0.4, -0.2) is 17.3 Å². The lowest BCUT2D eigenvalue weighted by molar-refractivity contribution is 0.0979. The zero-order valence-electron chi connectivity index (χ0n) is 19.2. The summed E-state index contributed by atoms with van der Waals surface area (Å²) < 4.78 is 0. The van der Waals surface area contributed by atoms with Crippen molar-refractivity contribution < 1.29 is 14.4 Å². The van der Waals surface area contributed by atoms with Crippen LogP contribution in [0.5, 0.6) is 0 Å². The van der Waals surface area contributed by atoms with Crippen LogP contribution in [0.25, 0.3) is 10.8 Å². The van der Waals surface area contributed by atoms with Crippen LogP contribution in [0, 0.1) is 0 Å². The summed E-state index contributed by atoms with van der Waals surface area (Å²) in [6, 6.07) is 29.8. The van der Waals surface area contributed by atoms with E-state index in [-0.39, 0.29) is 17.3 Å². The van der Waals surface area contributed by atoms with Crippen molar-refractivity contribution in [2.24, 2.45) is 0 Å². The number of carbonyl (C=O) groups excluding carboxylic acids is 3. The predicted octanol–water partition coefficient (Wildman–Crippen LogP) is 6.49. The summed E-state index contributed by atoms with van der Waals surface area (Å²) in [5.41, 5.74) is 6.42. The molecule has 4 heteroatoms. The molecule has 0 aromatic heterocycles. The van der Waals surface area contributed by atoms with Gasteiger partial charge >= 0.3 is 0 Å². The highest BCUT2D eigenvalue weighted by atomic mass is 16.1. The Labute approximate surface area is 207 Å². The summed E-state index contributed by atoms with van der Waals surface area (Å²) in [7, 11) is 0. The molecular weight excluding hydrogens is 446 g/mol. The molecule has 5 aromatic carbocycles. The number of nitrogens with one attached hydrogen (secondary N) is 1. The molecule has 0 saturated carbocycles. The molecule has 0 unspecified atom stereocenters. The van der Waals surface area contributed by atoms with Crippen LogP contribution in [0.3, 0.4) is 0 Å². The molecule has 2 aliphatic rings. The molecule has 0 aliphatic heterocycles. The van der Waals surface area contributed by atoms with Crippen molar-refractivity contribution in [2.45, 2.75) is 6.42 Å². The van der Waals surface area contributed by atoms with Gasteiger partial charge < -0.3 is 5.32 Å². The molecule has 0 bridgehead atoms. The lowest BCUT2D eigenvalue weighted by Gasteiger charge is -2.24. The largest absolute Gasteiger partial charge is 0.354 e. The highest BCUT2D eigenvalue weighted by Crippen LogP contribution is 2.39. The molecule has 0 heterocycles. The fourth-order valence-electron chi connectivity index (χ4n) is 5.57. The van der Waals surface area contributed by atoms with Gasteiger partial charge in [0.25, 0.3) is 0 Å². The van der Waals surface area contributed by atoms with Gasteiger partial charge in [-0.05, 0) is 35.1 Å². The maximum absolute atomic E-state index is 13.5. The van der Waals surface area contributed by atoms with Crippen molar-refractivity contribution in [1.29, 1.82) is 0 Å². The van der Waals surface area contributed by atoms with Gasteiger partial charge in [-0.2, -0.15) is 0 Å². The van der Waals surface area contributed by atoms with Crippen LogP contribution in [-0.2, 0) is 6.42 Å². The first-order valence-electron chi connectivity index (χ1n) is 11.9. The van der Waals surface area contributed by atoms with Gasteiger partial charge in [-0.15, -0.1) is 0 Å². The second-order valence-corrected chi connectivity index (χ2v) is 9.22. The fraction of sp³-hybridized carbons (Fsp3) is 0.0312. The van der Waals surface area contributed by atoms with Gasteiger partial charge in [-0.25, -0.2) is 0 Å². The van der Waals surface area contributed by atoms with Crippen LogP contribution < -0.4 is 5.32 Å². The number of rotatable bonds is 2. The highest BCUT2D eigenvalue weighted by molar-refractivity contribution is 6.30. The third-order valence-corrected chi connectivity index (χ3v) is 7.22. The Bertz CT molecular complexity index is 1800. The zero-order valence-corrected chi connectivity index (χ0v) is 19.2. The first-order valence-corrected chi connectivity index (χ1v) is 11.9. The van der Waals surface area contributed by atoms with Crippen molar-refractivity contribution >= 4 is 39.5 Å². The summed E-state index contributed by atoms with van der Waals surface area (Å²) >= 11 is 0. The van der Waals surface area contributed by atoms with Gasteiger partial charge in [0.1, 0.15) is 0 Å². The van der Waals surface area contributed by atoms with E-state index in [0.29, 0.717) is 34.4 Å². The van der Waals surface area contributed by atoms with Crippen molar-refractivity contribution in [3.05, 3.63) is 142 Å². The smallest absolute Gasteiger partial charge is 0.196 e. The van der Waals surface area contributed by atoms with Crippen LogP contribution in [0.4, 0.5) is 11.4 Å². The van der Waals surface area contributed by atoms with Crippen molar-refractivity contribution in [3.63, 3.8) is 0 Å². The lowest BCUT2D eigenvalue weighted by atomic mass is 9.81. The second kappa shape index (κ2) is 7.59. The molecule has 0 atom stereocenters. The quantitative estimate of drug-likeness (QED) is 0.317. The van der Waals surface area contributed by atoms with E-state index in [4.69, 9.17) is 0 Å². The molecular formula is C32H19NO3. The van der Waals surface area contributed by atoms with Gasteiger partial charge in [-0.3, -0.25) is 14.4 Å². The molecule has 0 spiro atoms. The SMILES string of the molecule is O=C1c2ccccc2C(=O)c2c(Nc3cc4c(c5ccccc35)C(=O)c3ccccc3C4)cccc21. The van der Waals surface area contributed by atoms with Crippen molar-refractivity contribution in [2.75, 3.05) is 5.32 Å². The molecule has 0 radical (unpaired) electrons. The number of benzene rings is 5. The Hall–Kier alpha value is -4.83. The first-order chi connectivity index (χ1) is 17.6. The average Bonchev–Trinajstić information content (AvgIpc) is 2.92. The first kappa shape index (κ1) is 20.5. The third-order valence-electron chi connectivity index (χ3n) is 7.22. The Morgan fingerprint density at radius 1 is 0.472 bits per heavy atom. The molecule has 0 fully saturated rings. The molecule has 0 amide bonds. The normalized spacial score (nSPS) is 13.6. The van der Waals surface area contributed by atoms with Gasteiger partial charge in [0.15, 0.2) is 17.3 Å². The summed E-state index contributed by atoms with van der Waals surface area (Å²) in [6.45, 7) is 0. The van der Waals surface area contributed by atoms with Crippen LogP contribution in [0.15, 0.2) is 97.1 Å². The monoisotopic (exact) mass is 465 g/mol. The van der Waals surface area contributed by atoms with Gasteiger partial charge in [0.2, 0.25) is 0 Å². The maximum atomic E-state index is 13.5. The number of hydrogen-bond donors (Lipinski definition) is 1. The minimum Gasteiger partial charge on any atom is -0.354 e. The molecule has 36 heavy (non-hydrogen) atoms. The molecule has 170 valence electrons. The zero-order chi connectivity index (χ0) is 24.4. The Balaban J connectivity index is 1.40. The van der Waals surface area contributed by atoms with Gasteiger partial charge in [-0.1, -0.05) is 84.9 Å². The van der Waals surface area contributed by atoms with Gasteiger partial charge in [0, 0.05) is 38.9 Å². The fourth-order valence-corrected chi connectivity index (χ4v) is 5.57. The van der Waals surface area contributed by atoms with E-state index >= 15 is 0 Å². The van der Waals surface area contributed by atoms with Crippen LogP contribution >= 0.6 is 0 Å². The number of ketones is 3. The number of hydrogen-bond acceptors (Lipinski definition) is 4. The molecule has 1 N–H and O–H groups in total. The van der Waals surface area contributed by atoms with Crippen molar-refractivity contribution in [3.8, 4) is 0 Å². The molecule has 4 nitrogen and oxygen atoms in total. The molecule has 5 aromatic rings. The Morgan fingerprint density at radius 2 is 1.08 bits per heavy atom. The van der Waals surface area contributed by atoms with Gasteiger partial charge in [0.05, 0.1) is 11.3 Å². The predicted molar refractivity (Wildman–Crippen MR) is 140 cm³/mol. The second-order valence-electron chi connectivity index (χ2n) is 9.22. The van der Waals surface area contributed by atoms with Crippen LogP contribution in [0.1, 0.15) is 58.9 Å². The minimum absolute atomic E-state index is 0.0315. The topological polar surface area (TPSA) is 63.2 Å².